The average molecular weight is 747 g/mol. The highest BCUT2D eigenvalue weighted by atomic mass is 35.5. The maximum Gasteiger partial charge on any atom is 0.410 e. The molecule has 0 spiro atoms. The van der Waals surface area contributed by atoms with Crippen molar-refractivity contribution in [2.45, 2.75) is 142 Å². The van der Waals surface area contributed by atoms with Gasteiger partial charge in [0.15, 0.2) is 0 Å². The van der Waals surface area contributed by atoms with Gasteiger partial charge in [-0.05, 0) is 91.9 Å². The van der Waals surface area contributed by atoms with E-state index in [1.54, 1.807) is 11.0 Å². The zero-order chi connectivity index (χ0) is 40.7. The Morgan fingerprint density at radius 3 is 1.98 bits per heavy atom. The molecule has 1 fully saturated rings. The molecular weight excluding hydrogens is 670 g/mol. The van der Waals surface area contributed by atoms with E-state index in [0.29, 0.717) is 32.6 Å². The molecule has 1 heterocycles. The molecular formula is C44H76ClN3O4. The largest absolute Gasteiger partial charge is 0.461 e. The number of amides is 1. The molecule has 298 valence electrons. The Morgan fingerprint density at radius 2 is 1.50 bits per heavy atom. The van der Waals surface area contributed by atoms with Crippen molar-refractivity contribution in [3.8, 4) is 0 Å². The molecule has 1 rings (SSSR count). The fraction of sp³-hybridized carbons (Fsp3) is 0.614. The van der Waals surface area contributed by atoms with Crippen LogP contribution in [-0.2, 0) is 14.3 Å². The van der Waals surface area contributed by atoms with Crippen molar-refractivity contribution in [3.05, 3.63) is 82.8 Å². The normalized spacial score (nSPS) is 15.4. The van der Waals surface area contributed by atoms with Crippen LogP contribution in [0.25, 0.3) is 0 Å². The molecule has 7 nitrogen and oxygen atoms in total. The lowest BCUT2D eigenvalue weighted by Gasteiger charge is -2.38. The number of hydrogen-bond donors (Lipinski definition) is 0. The third-order valence-electron chi connectivity index (χ3n) is 7.34. The third kappa shape index (κ3) is 24.8. The molecule has 52 heavy (non-hydrogen) atoms. The highest BCUT2D eigenvalue weighted by molar-refractivity contribution is 6.31. The fourth-order valence-electron chi connectivity index (χ4n) is 4.88. The van der Waals surface area contributed by atoms with Crippen molar-refractivity contribution < 1.29 is 19.1 Å². The molecule has 1 atom stereocenters. The van der Waals surface area contributed by atoms with Gasteiger partial charge in [-0.15, -0.1) is 0 Å². The van der Waals surface area contributed by atoms with Crippen LogP contribution in [0.15, 0.2) is 87.8 Å². The van der Waals surface area contributed by atoms with Crippen molar-refractivity contribution >= 4 is 29.4 Å². The molecule has 8 heteroatoms. The SMILES string of the molecule is C=CCOC(=O)C(C)CC(=C/C)/C(C(/C)=N/C=C/CC)=C(/C)N1CCN(C(=O)OC(C)(C)C)CC1.CC.CC.CC/C=C/C=C(Cl)\C=C(/C)CCC. The monoisotopic (exact) mass is 746 g/mol. The van der Waals surface area contributed by atoms with E-state index in [2.05, 4.69) is 63.2 Å². The minimum atomic E-state index is -0.513. The molecule has 0 saturated carbocycles. The van der Waals surface area contributed by atoms with Crippen LogP contribution >= 0.6 is 11.6 Å². The minimum Gasteiger partial charge on any atom is -0.461 e. The molecule has 0 aromatic carbocycles. The lowest BCUT2D eigenvalue weighted by atomic mass is 9.91. The summed E-state index contributed by atoms with van der Waals surface area (Å²) in [6.07, 6.45) is 20.1. The minimum absolute atomic E-state index is 0.209. The van der Waals surface area contributed by atoms with E-state index in [1.807, 2.05) is 99.7 Å². The van der Waals surface area contributed by atoms with E-state index in [-0.39, 0.29) is 24.6 Å². The number of piperazine rings is 1. The van der Waals surface area contributed by atoms with Crippen molar-refractivity contribution in [3.63, 3.8) is 0 Å². The highest BCUT2D eigenvalue weighted by Gasteiger charge is 2.28. The highest BCUT2D eigenvalue weighted by Crippen LogP contribution is 2.27. The fourth-order valence-corrected chi connectivity index (χ4v) is 5.14. The first-order valence-corrected chi connectivity index (χ1v) is 19.8. The summed E-state index contributed by atoms with van der Waals surface area (Å²) in [4.78, 5) is 33.6. The first-order valence-electron chi connectivity index (χ1n) is 19.4. The predicted octanol–water partition coefficient (Wildman–Crippen LogP) is 12.8. The molecule has 0 aliphatic carbocycles. The lowest BCUT2D eigenvalue weighted by Crippen LogP contribution is -2.49. The first-order chi connectivity index (χ1) is 24.6. The van der Waals surface area contributed by atoms with Gasteiger partial charge in [-0.3, -0.25) is 9.79 Å². The van der Waals surface area contributed by atoms with Crippen molar-refractivity contribution in [1.29, 1.82) is 0 Å². The van der Waals surface area contributed by atoms with Crippen LogP contribution < -0.4 is 0 Å². The van der Waals surface area contributed by atoms with Crippen LogP contribution in [0.3, 0.4) is 0 Å². The number of rotatable bonds is 15. The number of aliphatic imine (C=N–C) groups is 1. The molecule has 0 aromatic rings. The van der Waals surface area contributed by atoms with Gasteiger partial charge >= 0.3 is 12.1 Å². The predicted molar refractivity (Wildman–Crippen MR) is 228 cm³/mol. The molecule has 0 aromatic heterocycles. The van der Waals surface area contributed by atoms with Gasteiger partial charge in [0.1, 0.15) is 12.2 Å². The Balaban J connectivity index is -0.00000118. The van der Waals surface area contributed by atoms with E-state index < -0.39 is 5.60 Å². The maximum absolute atomic E-state index is 12.5. The number of halogens is 1. The van der Waals surface area contributed by atoms with Crippen LogP contribution in [0.4, 0.5) is 4.79 Å². The second-order valence-electron chi connectivity index (χ2n) is 12.9. The Morgan fingerprint density at radius 1 is 0.942 bits per heavy atom. The van der Waals surface area contributed by atoms with Crippen LogP contribution in [0, 0.1) is 5.92 Å². The zero-order valence-corrected chi connectivity index (χ0v) is 36.6. The van der Waals surface area contributed by atoms with Gasteiger partial charge in [-0.25, -0.2) is 4.79 Å². The third-order valence-corrected chi connectivity index (χ3v) is 7.57. The number of esters is 1. The van der Waals surface area contributed by atoms with E-state index in [1.165, 1.54) is 12.0 Å². The van der Waals surface area contributed by atoms with Gasteiger partial charge < -0.3 is 19.3 Å². The Hall–Kier alpha value is -3.32. The summed E-state index contributed by atoms with van der Waals surface area (Å²) >= 11 is 5.98. The van der Waals surface area contributed by atoms with E-state index in [9.17, 15) is 9.59 Å². The summed E-state index contributed by atoms with van der Waals surface area (Å²) in [5, 5.41) is 0.815. The zero-order valence-electron chi connectivity index (χ0n) is 35.8. The molecule has 0 radical (unpaired) electrons. The number of carbonyl (C=O) groups excluding carboxylic acids is 2. The molecule has 1 saturated heterocycles. The maximum atomic E-state index is 12.5. The first kappa shape index (κ1) is 53.0. The Kier molecular flexibility index (Phi) is 33.0. The van der Waals surface area contributed by atoms with E-state index in [4.69, 9.17) is 21.1 Å². The Labute approximate surface area is 325 Å². The second kappa shape index (κ2) is 32.3. The molecule has 0 N–H and O–H groups in total. The second-order valence-corrected chi connectivity index (χ2v) is 13.3. The smallest absolute Gasteiger partial charge is 0.410 e. The average Bonchev–Trinajstić information content (AvgIpc) is 3.11. The van der Waals surface area contributed by atoms with Crippen molar-refractivity contribution in [2.24, 2.45) is 10.9 Å². The summed E-state index contributed by atoms with van der Waals surface area (Å²) in [6.45, 7) is 36.4. The van der Waals surface area contributed by atoms with Crippen molar-refractivity contribution in [2.75, 3.05) is 32.8 Å². The van der Waals surface area contributed by atoms with Crippen molar-refractivity contribution in [1.82, 2.24) is 9.80 Å². The van der Waals surface area contributed by atoms with Crippen LogP contribution in [-0.4, -0.2) is 66.0 Å². The lowest BCUT2D eigenvalue weighted by molar-refractivity contribution is -0.146. The van der Waals surface area contributed by atoms with Crippen LogP contribution in [0.5, 0.6) is 0 Å². The van der Waals surface area contributed by atoms with Gasteiger partial charge in [0, 0.05) is 54.4 Å². The van der Waals surface area contributed by atoms with Crippen LogP contribution in [0.1, 0.15) is 136 Å². The van der Waals surface area contributed by atoms with E-state index in [0.717, 1.165) is 46.8 Å². The number of nitrogens with zero attached hydrogens (tertiary/aromatic N) is 3. The molecule has 1 amide bonds. The number of allylic oxidation sites excluding steroid dienone is 11. The molecule has 0 bridgehead atoms. The summed E-state index contributed by atoms with van der Waals surface area (Å²) in [7, 11) is 0. The standard InChI is InChI=1S/C28H45N3O4.C12H19Cl.2C2H6/c1-10-13-14-29-22(5)25(24(12-3)20-21(4)26(32)34-19-11-2)23(6)30-15-17-31(18-16-30)27(33)35-28(7,8)9;1-4-6-7-9-12(13)10-11(3)8-5-2;2*1-2/h11-14,21H,2,10,15-20H2,1,3-9H3;6-7,9-10H,4-5,8H2,1-3H3;2*1-2H3/b14-13+,24-12-,25-23-,29-22+;7-6+,11-10+,12-9+;;. The molecule has 1 aliphatic heterocycles. The summed E-state index contributed by atoms with van der Waals surface area (Å²) in [5.41, 5.74) is 4.88. The van der Waals surface area contributed by atoms with Gasteiger partial charge in [0.05, 0.1) is 5.92 Å². The van der Waals surface area contributed by atoms with Gasteiger partial charge in [0.25, 0.3) is 0 Å². The Bertz CT molecular complexity index is 1220. The van der Waals surface area contributed by atoms with Gasteiger partial charge in [-0.2, -0.15) is 0 Å². The summed E-state index contributed by atoms with van der Waals surface area (Å²) < 4.78 is 10.8. The number of carbonyl (C=O) groups is 2. The topological polar surface area (TPSA) is 71.4 Å². The summed E-state index contributed by atoms with van der Waals surface area (Å²) in [6, 6.07) is 0. The number of hydrogen-bond acceptors (Lipinski definition) is 6. The summed E-state index contributed by atoms with van der Waals surface area (Å²) in [5.74, 6) is -0.542. The number of ether oxygens (including phenoxy) is 2. The van der Waals surface area contributed by atoms with Gasteiger partial charge in [0.2, 0.25) is 0 Å². The molecule has 1 unspecified atom stereocenters. The van der Waals surface area contributed by atoms with E-state index >= 15 is 0 Å². The quantitative estimate of drug-likeness (QED) is 0.0722. The molecule has 1 aliphatic rings. The van der Waals surface area contributed by atoms with Gasteiger partial charge in [-0.1, -0.05) is 116 Å². The van der Waals surface area contributed by atoms with Crippen LogP contribution in [0.2, 0.25) is 0 Å².